The molecule has 2 amide bonds. The first-order chi connectivity index (χ1) is 16.9. The zero-order valence-corrected chi connectivity index (χ0v) is 21.2. The predicted octanol–water partition coefficient (Wildman–Crippen LogP) is 4.86. The maximum atomic E-state index is 14.3. The van der Waals surface area contributed by atoms with Gasteiger partial charge in [-0.2, -0.15) is 0 Å². The Morgan fingerprint density at radius 2 is 2.09 bits per heavy atom. The van der Waals surface area contributed by atoms with Gasteiger partial charge >= 0.3 is 6.03 Å². The van der Waals surface area contributed by atoms with Crippen molar-refractivity contribution in [3.05, 3.63) is 41.2 Å². The van der Waals surface area contributed by atoms with Crippen molar-refractivity contribution in [1.29, 1.82) is 0 Å². The second-order valence-corrected chi connectivity index (χ2v) is 10.1. The summed E-state index contributed by atoms with van der Waals surface area (Å²) in [5.41, 5.74) is 1.02. The van der Waals surface area contributed by atoms with E-state index < -0.39 is 5.82 Å². The Morgan fingerprint density at radius 3 is 2.83 bits per heavy atom. The number of fused-ring (bicyclic) bond motifs is 1. The fourth-order valence-corrected chi connectivity index (χ4v) is 5.24. The summed E-state index contributed by atoms with van der Waals surface area (Å²) in [5, 5.41) is 15.5. The molecule has 0 radical (unpaired) electrons. The number of carbonyl (C=O) groups excluding carboxylic acids is 1. The van der Waals surface area contributed by atoms with Crippen LogP contribution in [-0.4, -0.2) is 65.8 Å². The first-order valence-corrected chi connectivity index (χ1v) is 13.0. The Bertz CT molecular complexity index is 1150. The van der Waals surface area contributed by atoms with Crippen LogP contribution in [0.25, 0.3) is 10.3 Å². The number of aromatic nitrogens is 2. The molecule has 1 aliphatic heterocycles. The third-order valence-corrected chi connectivity index (χ3v) is 7.37. The Labute approximate surface area is 213 Å². The van der Waals surface area contributed by atoms with Gasteiger partial charge in [-0.25, -0.2) is 19.2 Å². The number of piperidine rings is 1. The molecule has 11 heteroatoms. The molecule has 0 saturated carbocycles. The van der Waals surface area contributed by atoms with Gasteiger partial charge in [0, 0.05) is 25.2 Å². The van der Waals surface area contributed by atoms with Gasteiger partial charge in [-0.1, -0.05) is 22.9 Å². The number of aliphatic hydroxyl groups is 1. The lowest BCUT2D eigenvalue weighted by atomic mass is 9.94. The van der Waals surface area contributed by atoms with E-state index in [0.29, 0.717) is 44.5 Å². The average Bonchev–Trinajstić information content (AvgIpc) is 3.24. The molecule has 0 bridgehead atoms. The highest BCUT2D eigenvalue weighted by atomic mass is 35.5. The van der Waals surface area contributed by atoms with Gasteiger partial charge in [0.1, 0.15) is 22.0 Å². The minimum atomic E-state index is -0.434. The molecule has 1 aliphatic rings. The largest absolute Gasteiger partial charge is 0.396 e. The summed E-state index contributed by atoms with van der Waals surface area (Å²) in [5.74, 6) is 0.758. The highest BCUT2D eigenvalue weighted by molar-refractivity contribution is 7.22. The standard InChI is InChI=1S/C24H30ClFN6O2S/c1-31(20-5-3-17(25)15-18(20)26)21-6-4-19-22(29-21)35-24(28-19)30-23(34)27-10-2-11-32-12-7-16(8-13-32)9-14-33/h3-6,15-16,33H,2,7-14H2,1H3,(H2,27,28,30,34). The van der Waals surface area contributed by atoms with E-state index in [1.54, 1.807) is 36.2 Å². The molecule has 1 fully saturated rings. The summed E-state index contributed by atoms with van der Waals surface area (Å²) in [7, 11) is 1.73. The van der Waals surface area contributed by atoms with E-state index in [2.05, 4.69) is 25.5 Å². The van der Waals surface area contributed by atoms with Gasteiger partial charge in [0.2, 0.25) is 0 Å². The van der Waals surface area contributed by atoms with Crippen molar-refractivity contribution in [2.24, 2.45) is 5.92 Å². The van der Waals surface area contributed by atoms with E-state index in [1.807, 2.05) is 0 Å². The Balaban J connectivity index is 1.26. The van der Waals surface area contributed by atoms with Crippen LogP contribution in [0.5, 0.6) is 0 Å². The van der Waals surface area contributed by atoms with Crippen LogP contribution in [0.4, 0.5) is 25.8 Å². The number of pyridine rings is 1. The summed E-state index contributed by atoms with van der Waals surface area (Å²) in [4.78, 5) is 26.0. The van der Waals surface area contributed by atoms with Crippen molar-refractivity contribution in [2.45, 2.75) is 25.7 Å². The minimum Gasteiger partial charge on any atom is -0.396 e. The summed E-state index contributed by atoms with van der Waals surface area (Å²) < 4.78 is 14.3. The highest BCUT2D eigenvalue weighted by Gasteiger charge is 2.18. The van der Waals surface area contributed by atoms with Gasteiger partial charge in [0.25, 0.3) is 0 Å². The second kappa shape index (κ2) is 11.9. The van der Waals surface area contributed by atoms with E-state index in [4.69, 9.17) is 16.7 Å². The number of nitrogens with zero attached hydrogens (tertiary/aromatic N) is 4. The van der Waals surface area contributed by atoms with E-state index >= 15 is 0 Å². The van der Waals surface area contributed by atoms with Gasteiger partial charge < -0.3 is 20.2 Å². The molecule has 188 valence electrons. The fourth-order valence-electron chi connectivity index (χ4n) is 4.25. The van der Waals surface area contributed by atoms with Crippen LogP contribution in [0.1, 0.15) is 25.7 Å². The Morgan fingerprint density at radius 1 is 1.29 bits per heavy atom. The monoisotopic (exact) mass is 520 g/mol. The first-order valence-electron chi connectivity index (χ1n) is 11.8. The number of benzene rings is 1. The Kier molecular flexibility index (Phi) is 8.72. The van der Waals surface area contributed by atoms with Crippen LogP contribution in [-0.2, 0) is 0 Å². The topological polar surface area (TPSA) is 93.6 Å². The number of hydrogen-bond acceptors (Lipinski definition) is 7. The normalized spacial score (nSPS) is 14.9. The molecule has 3 aromatic rings. The molecule has 0 spiro atoms. The van der Waals surface area contributed by atoms with Crippen LogP contribution >= 0.6 is 22.9 Å². The molecular weight excluding hydrogens is 491 g/mol. The predicted molar refractivity (Wildman–Crippen MR) is 139 cm³/mol. The van der Waals surface area contributed by atoms with Crippen LogP contribution in [0.15, 0.2) is 30.3 Å². The average molecular weight is 521 g/mol. The maximum absolute atomic E-state index is 14.3. The van der Waals surface area contributed by atoms with Gasteiger partial charge in [-0.3, -0.25) is 5.32 Å². The number of likely N-dealkylation sites (tertiary alicyclic amines) is 1. The Hall–Kier alpha value is -2.53. The summed E-state index contributed by atoms with van der Waals surface area (Å²) in [6, 6.07) is 7.75. The molecular formula is C24H30ClFN6O2S. The molecule has 3 N–H and O–H groups in total. The molecule has 1 aromatic carbocycles. The molecule has 0 atom stereocenters. The van der Waals surface area contributed by atoms with Crippen LogP contribution in [0.2, 0.25) is 5.02 Å². The number of anilines is 3. The van der Waals surface area contributed by atoms with E-state index in [1.165, 1.54) is 17.4 Å². The molecule has 8 nitrogen and oxygen atoms in total. The zero-order valence-electron chi connectivity index (χ0n) is 19.6. The number of rotatable bonds is 9. The molecule has 35 heavy (non-hydrogen) atoms. The SMILES string of the molecule is CN(c1ccc2nc(NC(=O)NCCCN3CCC(CCO)CC3)sc2n1)c1ccc(Cl)cc1F. The molecule has 4 rings (SSSR count). The third kappa shape index (κ3) is 6.78. The summed E-state index contributed by atoms with van der Waals surface area (Å²) in [6.45, 7) is 3.90. The van der Waals surface area contributed by atoms with Crippen molar-refractivity contribution >= 4 is 56.0 Å². The zero-order chi connectivity index (χ0) is 24.8. The van der Waals surface area contributed by atoms with Crippen molar-refractivity contribution in [3.8, 4) is 0 Å². The number of carbonyl (C=O) groups is 1. The first kappa shape index (κ1) is 25.6. The van der Waals surface area contributed by atoms with Crippen LogP contribution < -0.4 is 15.5 Å². The fraction of sp³-hybridized carbons (Fsp3) is 0.458. The number of hydrogen-bond donors (Lipinski definition) is 3. The molecule has 2 aromatic heterocycles. The lowest BCUT2D eigenvalue weighted by Gasteiger charge is -2.31. The number of aliphatic hydroxyl groups excluding tert-OH is 1. The van der Waals surface area contributed by atoms with Gasteiger partial charge in [-0.15, -0.1) is 0 Å². The summed E-state index contributed by atoms with van der Waals surface area (Å²) >= 11 is 7.11. The van der Waals surface area contributed by atoms with Crippen molar-refractivity contribution in [3.63, 3.8) is 0 Å². The quantitative estimate of drug-likeness (QED) is 0.349. The summed E-state index contributed by atoms with van der Waals surface area (Å²) in [6.07, 6.45) is 4.03. The van der Waals surface area contributed by atoms with Crippen LogP contribution in [0.3, 0.4) is 0 Å². The van der Waals surface area contributed by atoms with Crippen molar-refractivity contribution < 1.29 is 14.3 Å². The number of thiazole rings is 1. The smallest absolute Gasteiger partial charge is 0.321 e. The van der Waals surface area contributed by atoms with E-state index in [9.17, 15) is 9.18 Å². The molecule has 0 aliphatic carbocycles. The number of amides is 2. The van der Waals surface area contributed by atoms with Gasteiger partial charge in [-0.05, 0) is 81.6 Å². The number of urea groups is 1. The second-order valence-electron chi connectivity index (χ2n) is 8.70. The van der Waals surface area contributed by atoms with E-state index in [0.717, 1.165) is 45.3 Å². The highest BCUT2D eigenvalue weighted by Crippen LogP contribution is 2.31. The van der Waals surface area contributed by atoms with Gasteiger partial charge in [0.15, 0.2) is 5.13 Å². The third-order valence-electron chi connectivity index (χ3n) is 6.26. The minimum absolute atomic E-state index is 0.274. The molecule has 1 saturated heterocycles. The maximum Gasteiger partial charge on any atom is 0.321 e. The number of nitrogens with one attached hydrogen (secondary N) is 2. The molecule has 0 unspecified atom stereocenters. The number of halogens is 2. The molecule has 3 heterocycles. The van der Waals surface area contributed by atoms with Gasteiger partial charge in [0.05, 0.1) is 5.69 Å². The van der Waals surface area contributed by atoms with Crippen molar-refractivity contribution in [1.82, 2.24) is 20.2 Å². The lowest BCUT2D eigenvalue weighted by molar-refractivity contribution is 0.157. The van der Waals surface area contributed by atoms with Crippen molar-refractivity contribution in [2.75, 3.05) is 50.1 Å². The van der Waals surface area contributed by atoms with E-state index in [-0.39, 0.29) is 12.6 Å². The lowest BCUT2D eigenvalue weighted by Crippen LogP contribution is -2.36. The van der Waals surface area contributed by atoms with Crippen LogP contribution in [0, 0.1) is 11.7 Å².